The first-order chi connectivity index (χ1) is 11.9. The summed E-state index contributed by atoms with van der Waals surface area (Å²) in [7, 11) is -3.81. The third kappa shape index (κ3) is 4.04. The highest BCUT2D eigenvalue weighted by Gasteiger charge is 2.20. The average Bonchev–Trinajstić information content (AvgIpc) is 2.61. The minimum Gasteiger partial charge on any atom is -0.387 e. The Morgan fingerprint density at radius 3 is 2.60 bits per heavy atom. The van der Waals surface area contributed by atoms with Gasteiger partial charge in [0, 0.05) is 16.0 Å². The quantitative estimate of drug-likeness (QED) is 0.623. The van der Waals surface area contributed by atoms with Crippen molar-refractivity contribution in [2.75, 3.05) is 6.54 Å². The van der Waals surface area contributed by atoms with Gasteiger partial charge in [0.1, 0.15) is 0 Å². The second-order valence-electron chi connectivity index (χ2n) is 5.51. The van der Waals surface area contributed by atoms with Gasteiger partial charge in [-0.3, -0.25) is 0 Å². The SMILES string of the molecule is O=S(=O)(NCC(O)c1cccc2ccccc12)c1cc(Cl)ccc1Br. The van der Waals surface area contributed by atoms with E-state index in [-0.39, 0.29) is 11.4 Å². The van der Waals surface area contributed by atoms with Crippen LogP contribution in [-0.2, 0) is 10.0 Å². The van der Waals surface area contributed by atoms with Crippen LogP contribution in [0.5, 0.6) is 0 Å². The van der Waals surface area contributed by atoms with Gasteiger partial charge in [-0.25, -0.2) is 13.1 Å². The van der Waals surface area contributed by atoms with Gasteiger partial charge in [-0.2, -0.15) is 0 Å². The molecule has 0 aliphatic carbocycles. The Balaban J connectivity index is 1.84. The Labute approximate surface area is 159 Å². The molecule has 0 aromatic heterocycles. The van der Waals surface area contributed by atoms with Crippen LogP contribution in [0.3, 0.4) is 0 Å². The zero-order valence-electron chi connectivity index (χ0n) is 13.0. The Morgan fingerprint density at radius 2 is 1.80 bits per heavy atom. The fourth-order valence-electron chi connectivity index (χ4n) is 2.60. The Kier molecular flexibility index (Phi) is 5.46. The predicted octanol–water partition coefficient (Wildman–Crippen LogP) is 4.27. The smallest absolute Gasteiger partial charge is 0.241 e. The van der Waals surface area contributed by atoms with Gasteiger partial charge in [0.05, 0.1) is 11.0 Å². The van der Waals surface area contributed by atoms with Gasteiger partial charge in [-0.15, -0.1) is 0 Å². The van der Waals surface area contributed by atoms with Gasteiger partial charge in [-0.05, 0) is 50.5 Å². The zero-order valence-corrected chi connectivity index (χ0v) is 16.1. The summed E-state index contributed by atoms with van der Waals surface area (Å²) < 4.78 is 27.8. The van der Waals surface area contributed by atoms with Gasteiger partial charge in [0.15, 0.2) is 0 Å². The summed E-state index contributed by atoms with van der Waals surface area (Å²) in [5.74, 6) is 0. The van der Waals surface area contributed by atoms with Crippen molar-refractivity contribution in [2.24, 2.45) is 0 Å². The molecule has 0 saturated heterocycles. The normalized spacial score (nSPS) is 13.1. The summed E-state index contributed by atoms with van der Waals surface area (Å²) in [4.78, 5) is 0.0325. The molecule has 0 radical (unpaired) electrons. The van der Waals surface area contributed by atoms with Crippen molar-refractivity contribution in [1.82, 2.24) is 4.72 Å². The van der Waals surface area contributed by atoms with Crippen molar-refractivity contribution in [3.63, 3.8) is 0 Å². The molecule has 2 N–H and O–H groups in total. The molecule has 0 fully saturated rings. The summed E-state index contributed by atoms with van der Waals surface area (Å²) in [5.41, 5.74) is 0.672. The maximum atomic E-state index is 12.5. The Bertz CT molecular complexity index is 1020. The molecule has 130 valence electrons. The van der Waals surface area contributed by atoms with E-state index in [9.17, 15) is 13.5 Å². The molecule has 7 heteroatoms. The number of sulfonamides is 1. The molecule has 4 nitrogen and oxygen atoms in total. The van der Waals surface area contributed by atoms with Crippen LogP contribution in [0.2, 0.25) is 5.02 Å². The molecule has 3 rings (SSSR count). The van der Waals surface area contributed by atoms with E-state index in [1.54, 1.807) is 18.2 Å². The first-order valence-corrected chi connectivity index (χ1v) is 10.1. The Morgan fingerprint density at radius 1 is 1.08 bits per heavy atom. The van der Waals surface area contributed by atoms with Gasteiger partial charge < -0.3 is 5.11 Å². The summed E-state index contributed by atoms with van der Waals surface area (Å²) in [5, 5.41) is 12.7. The van der Waals surface area contributed by atoms with E-state index in [1.165, 1.54) is 6.07 Å². The highest BCUT2D eigenvalue weighted by atomic mass is 79.9. The maximum Gasteiger partial charge on any atom is 0.241 e. The van der Waals surface area contributed by atoms with Gasteiger partial charge in [0.25, 0.3) is 0 Å². The molecular formula is C18H15BrClNO3S. The van der Waals surface area contributed by atoms with E-state index in [2.05, 4.69) is 20.7 Å². The third-order valence-electron chi connectivity index (χ3n) is 3.83. The molecule has 0 heterocycles. The largest absolute Gasteiger partial charge is 0.387 e. The lowest BCUT2D eigenvalue weighted by atomic mass is 10.0. The van der Waals surface area contributed by atoms with E-state index >= 15 is 0 Å². The van der Waals surface area contributed by atoms with E-state index in [0.29, 0.717) is 15.1 Å². The number of hydrogen-bond acceptors (Lipinski definition) is 3. The van der Waals surface area contributed by atoms with Crippen molar-refractivity contribution in [2.45, 2.75) is 11.0 Å². The molecule has 25 heavy (non-hydrogen) atoms. The minimum absolute atomic E-state index is 0.0325. The number of halogens is 2. The van der Waals surface area contributed by atoms with Crippen LogP contribution in [0.25, 0.3) is 10.8 Å². The lowest BCUT2D eigenvalue weighted by molar-refractivity contribution is 0.183. The summed E-state index contributed by atoms with van der Waals surface area (Å²) in [6.07, 6.45) is -0.973. The average molecular weight is 441 g/mol. The number of rotatable bonds is 5. The highest BCUT2D eigenvalue weighted by Crippen LogP contribution is 2.27. The lowest BCUT2D eigenvalue weighted by Crippen LogP contribution is -2.29. The number of benzene rings is 3. The molecule has 0 bridgehead atoms. The van der Waals surface area contributed by atoms with Crippen molar-refractivity contribution in [3.05, 3.63) is 75.7 Å². The van der Waals surface area contributed by atoms with Gasteiger partial charge >= 0.3 is 0 Å². The molecular weight excluding hydrogens is 426 g/mol. The van der Waals surface area contributed by atoms with Crippen LogP contribution in [0.15, 0.2) is 70.0 Å². The van der Waals surface area contributed by atoms with Crippen LogP contribution in [0, 0.1) is 0 Å². The molecule has 0 aliphatic heterocycles. The second-order valence-corrected chi connectivity index (χ2v) is 8.54. The van der Waals surface area contributed by atoms with Crippen LogP contribution >= 0.6 is 27.5 Å². The standard InChI is InChI=1S/C18H15BrClNO3S/c19-16-9-8-13(20)10-18(16)25(23,24)21-11-17(22)15-7-3-5-12-4-1-2-6-14(12)15/h1-10,17,21-22H,11H2. The number of nitrogens with one attached hydrogen (secondary N) is 1. The molecule has 0 saturated carbocycles. The first-order valence-electron chi connectivity index (χ1n) is 7.49. The highest BCUT2D eigenvalue weighted by molar-refractivity contribution is 9.10. The van der Waals surface area contributed by atoms with Crippen LogP contribution in [0.1, 0.15) is 11.7 Å². The monoisotopic (exact) mass is 439 g/mol. The fraction of sp³-hybridized carbons (Fsp3) is 0.111. The van der Waals surface area contributed by atoms with Gasteiger partial charge in [-0.1, -0.05) is 54.1 Å². The maximum absolute atomic E-state index is 12.5. The summed E-state index contributed by atoms with van der Waals surface area (Å²) >= 11 is 9.09. The molecule has 0 spiro atoms. The van der Waals surface area contributed by atoms with E-state index < -0.39 is 16.1 Å². The summed E-state index contributed by atoms with van der Waals surface area (Å²) in [6, 6.07) is 17.7. The van der Waals surface area contributed by atoms with E-state index in [4.69, 9.17) is 11.6 Å². The number of aliphatic hydroxyl groups is 1. The second kappa shape index (κ2) is 7.43. The van der Waals surface area contributed by atoms with Crippen molar-refractivity contribution < 1.29 is 13.5 Å². The van der Waals surface area contributed by atoms with Crippen molar-refractivity contribution in [1.29, 1.82) is 0 Å². The van der Waals surface area contributed by atoms with Crippen molar-refractivity contribution in [3.8, 4) is 0 Å². The molecule has 1 unspecified atom stereocenters. The third-order valence-corrected chi connectivity index (χ3v) is 6.48. The molecule has 1 atom stereocenters. The first kappa shape index (κ1) is 18.4. The van der Waals surface area contributed by atoms with Crippen molar-refractivity contribution >= 4 is 48.3 Å². The zero-order chi connectivity index (χ0) is 18.0. The predicted molar refractivity (Wildman–Crippen MR) is 103 cm³/mol. The van der Waals surface area contributed by atoms with Gasteiger partial charge in [0.2, 0.25) is 10.0 Å². The number of hydrogen-bond donors (Lipinski definition) is 2. The van der Waals surface area contributed by atoms with E-state index in [0.717, 1.165) is 10.8 Å². The van der Waals surface area contributed by atoms with Crippen LogP contribution in [-0.4, -0.2) is 20.1 Å². The number of fused-ring (bicyclic) bond motifs is 1. The molecule has 0 amide bonds. The Hall–Kier alpha value is -1.44. The van der Waals surface area contributed by atoms with E-state index in [1.807, 2.05) is 36.4 Å². The minimum atomic E-state index is -3.81. The topological polar surface area (TPSA) is 66.4 Å². The van der Waals surface area contributed by atoms with Crippen LogP contribution < -0.4 is 4.72 Å². The van der Waals surface area contributed by atoms with Crippen LogP contribution in [0.4, 0.5) is 0 Å². The molecule has 3 aromatic carbocycles. The summed E-state index contributed by atoms with van der Waals surface area (Å²) in [6.45, 7) is -0.144. The fourth-order valence-corrected chi connectivity index (χ4v) is 4.86. The number of aliphatic hydroxyl groups excluding tert-OH is 1. The molecule has 3 aromatic rings. The lowest BCUT2D eigenvalue weighted by Gasteiger charge is -2.15. The molecule has 0 aliphatic rings.